The fourth-order valence-electron chi connectivity index (χ4n) is 1.89. The molecule has 1 aromatic rings. The molecule has 0 heterocycles. The van der Waals surface area contributed by atoms with E-state index in [2.05, 4.69) is 18.7 Å². The van der Waals surface area contributed by atoms with Gasteiger partial charge in [0.1, 0.15) is 0 Å². The first-order valence-corrected chi connectivity index (χ1v) is 18.2. The predicted octanol–water partition coefficient (Wildman–Crippen LogP) is 2.39. The molecule has 0 amide bonds. The Morgan fingerprint density at radius 3 is 0.980 bits per heavy atom. The number of carboxylic acids is 4. The summed E-state index contributed by atoms with van der Waals surface area (Å²) in [5.41, 5.74) is 1.05. The number of rotatable bonds is 12. The Labute approximate surface area is 310 Å². The maximum absolute atomic E-state index is 10.8. The van der Waals surface area contributed by atoms with Gasteiger partial charge in [0.25, 0.3) is 0 Å². The Morgan fingerprint density at radius 1 is 0.529 bits per heavy atom. The van der Waals surface area contributed by atoms with E-state index in [1.165, 1.54) is 9.45 Å². The molecular weight excluding hydrogens is 716 g/mol. The van der Waals surface area contributed by atoms with Gasteiger partial charge in [-0.25, -0.2) is 19.2 Å². The van der Waals surface area contributed by atoms with E-state index in [1.807, 2.05) is 13.8 Å². The standard InChI is InChI=1S/C13H16O7.C4H6O6.4C3H8O.2C2H5.Ti/c1-7(2)8-3-5-9(6-4-8)19-20-11(13(17)18)10(14)12(15)16;5-1(3(7)8)2(6)4(9)10;4*1-3(2)4;2*1-2;/h3-7,10-11,14H,1-2H3,(H,15,16)(H,17,18);1-2,5-6H,(H,7,8)(H,9,10);4*3-4H,1-2H3;2*1H2,2H3;/t10-,11-;;;;;;;;/m1......../s1. The molecule has 0 aliphatic rings. The molecular formula is C33H64O17Ti. The van der Waals surface area contributed by atoms with Gasteiger partial charge in [0.2, 0.25) is 6.10 Å². The smallest absolute Gasteiger partial charge is 0.335 e. The number of aliphatic hydroxyl groups is 7. The molecule has 0 spiro atoms. The van der Waals surface area contributed by atoms with Gasteiger partial charge in [0, 0.05) is 24.4 Å². The van der Waals surface area contributed by atoms with Gasteiger partial charge in [-0.1, -0.05) is 26.0 Å². The number of carbonyl (C=O) groups is 4. The molecule has 0 radical (unpaired) electrons. The second-order valence-electron chi connectivity index (χ2n) is 11.3. The molecule has 1 rings (SSSR count). The van der Waals surface area contributed by atoms with Crippen LogP contribution in [0.4, 0.5) is 0 Å². The Morgan fingerprint density at radius 2 is 0.804 bits per heavy atom. The molecule has 18 heteroatoms. The van der Waals surface area contributed by atoms with Gasteiger partial charge in [-0.15, -0.1) is 0 Å². The van der Waals surface area contributed by atoms with E-state index < -0.39 is 48.3 Å². The van der Waals surface area contributed by atoms with Gasteiger partial charge in [0.05, 0.1) is 0 Å². The van der Waals surface area contributed by atoms with Gasteiger partial charge in [0.15, 0.2) is 24.1 Å². The van der Waals surface area contributed by atoms with Crippen LogP contribution in [0.3, 0.4) is 0 Å². The molecule has 0 aromatic heterocycles. The van der Waals surface area contributed by atoms with Crippen LogP contribution < -0.4 is 4.89 Å². The maximum atomic E-state index is 10.8. The van der Waals surface area contributed by atoms with Crippen molar-refractivity contribution in [2.24, 2.45) is 0 Å². The quantitative estimate of drug-likeness (QED) is 0.0824. The third-order valence-corrected chi connectivity index (χ3v) is 5.44. The van der Waals surface area contributed by atoms with E-state index in [4.69, 9.17) is 61.1 Å². The van der Waals surface area contributed by atoms with Crippen LogP contribution in [0.2, 0.25) is 9.45 Å². The molecule has 1 aromatic carbocycles. The first-order chi connectivity index (χ1) is 23.1. The molecule has 2 unspecified atom stereocenters. The Bertz CT molecular complexity index is 916. The number of aliphatic hydroxyl groups excluding tert-OH is 7. The van der Waals surface area contributed by atoms with Crippen LogP contribution in [0.15, 0.2) is 24.3 Å². The second kappa shape index (κ2) is 38.5. The largest absolute Gasteiger partial charge is 0.479 e. The van der Waals surface area contributed by atoms with Gasteiger partial charge < -0.3 is 61.1 Å². The summed E-state index contributed by atoms with van der Waals surface area (Å²) >= 11 is 0.528. The molecule has 4 atom stereocenters. The van der Waals surface area contributed by atoms with Crippen molar-refractivity contribution in [2.45, 2.75) is 147 Å². The Kier molecular flexibility index (Phi) is 45.6. The number of hydrogen-bond donors (Lipinski definition) is 11. The molecule has 0 saturated carbocycles. The van der Waals surface area contributed by atoms with Gasteiger partial charge in [-0.2, -0.15) is 4.89 Å². The molecule has 0 fully saturated rings. The number of benzene rings is 1. The average molecular weight is 781 g/mol. The van der Waals surface area contributed by atoms with E-state index >= 15 is 0 Å². The van der Waals surface area contributed by atoms with Crippen LogP contribution >= 0.6 is 0 Å². The van der Waals surface area contributed by atoms with E-state index in [9.17, 15) is 19.2 Å². The summed E-state index contributed by atoms with van der Waals surface area (Å²) in [6.07, 6.45) is -9.44. The Hall–Kier alpha value is -2.71. The fourth-order valence-corrected chi connectivity index (χ4v) is 2.67. The van der Waals surface area contributed by atoms with Crippen molar-refractivity contribution < 1.29 is 104 Å². The van der Waals surface area contributed by atoms with Crippen LogP contribution in [-0.2, 0) is 43.2 Å². The molecule has 17 nitrogen and oxygen atoms in total. The average Bonchev–Trinajstić information content (AvgIpc) is 2.96. The minimum Gasteiger partial charge on any atom is -0.479 e. The predicted molar refractivity (Wildman–Crippen MR) is 185 cm³/mol. The minimum absolute atomic E-state index is 0.167. The molecule has 0 saturated heterocycles. The Balaban J connectivity index is -0.000000136. The SMILES string of the molecule is CC(C)O.CC(C)O.CC(C)O.CC(C)O.CC(C)c1ccc(OO[C@@H](C(=O)O)[C@@H](O)C(=O)O)cc1.C[CH2][Ti][CH2]C.O=C(O)C(O)C(O)C(=O)O. The van der Waals surface area contributed by atoms with Crippen molar-refractivity contribution in [3.8, 4) is 5.75 Å². The van der Waals surface area contributed by atoms with Crippen LogP contribution in [0.25, 0.3) is 0 Å². The molecule has 51 heavy (non-hydrogen) atoms. The molecule has 0 aliphatic carbocycles. The monoisotopic (exact) mass is 780 g/mol. The zero-order valence-corrected chi connectivity index (χ0v) is 33.4. The van der Waals surface area contributed by atoms with Crippen molar-refractivity contribution in [3.05, 3.63) is 29.8 Å². The topological polar surface area (TPSA) is 309 Å². The van der Waals surface area contributed by atoms with Gasteiger partial charge in [-0.3, -0.25) is 0 Å². The summed E-state index contributed by atoms with van der Waals surface area (Å²) in [7, 11) is 0. The minimum atomic E-state index is -2.27. The summed E-state index contributed by atoms with van der Waals surface area (Å²) in [6, 6.07) is 6.66. The summed E-state index contributed by atoms with van der Waals surface area (Å²) < 4.78 is 2.94. The van der Waals surface area contributed by atoms with Crippen molar-refractivity contribution in [1.82, 2.24) is 0 Å². The van der Waals surface area contributed by atoms with Gasteiger partial charge >= 0.3 is 66.3 Å². The van der Waals surface area contributed by atoms with Crippen molar-refractivity contribution in [2.75, 3.05) is 0 Å². The third-order valence-electron chi connectivity index (χ3n) is 3.88. The molecule has 11 N–H and O–H groups in total. The fraction of sp³-hybridized carbons (Fsp3) is 0.697. The van der Waals surface area contributed by atoms with Crippen molar-refractivity contribution >= 4 is 23.9 Å². The normalized spacial score (nSPS) is 12.1. The zero-order chi connectivity index (χ0) is 42.0. The number of hydrogen-bond acceptors (Lipinski definition) is 13. The van der Waals surface area contributed by atoms with E-state index in [-0.39, 0.29) is 30.2 Å². The van der Waals surface area contributed by atoms with Crippen LogP contribution in [0.5, 0.6) is 5.75 Å². The van der Waals surface area contributed by atoms with Crippen molar-refractivity contribution in [1.29, 1.82) is 0 Å². The second-order valence-corrected chi connectivity index (χ2v) is 14.3. The summed E-state index contributed by atoms with van der Waals surface area (Å²) in [5.74, 6) is -6.36. The molecule has 0 aliphatic heterocycles. The van der Waals surface area contributed by atoms with E-state index in [0.717, 1.165) is 5.56 Å². The first-order valence-electron chi connectivity index (χ1n) is 16.0. The summed E-state index contributed by atoms with van der Waals surface area (Å²) in [4.78, 5) is 50.1. The maximum Gasteiger partial charge on any atom is 0.335 e. The van der Waals surface area contributed by atoms with E-state index in [0.29, 0.717) is 25.1 Å². The van der Waals surface area contributed by atoms with Crippen LogP contribution in [0, 0.1) is 0 Å². The van der Waals surface area contributed by atoms with E-state index in [1.54, 1.807) is 79.7 Å². The summed E-state index contributed by atoms with van der Waals surface area (Å²) in [6.45, 7) is 22.3. The summed E-state index contributed by atoms with van der Waals surface area (Å²) in [5, 5.41) is 91.2. The molecule has 0 bridgehead atoms. The molecule has 302 valence electrons. The third kappa shape index (κ3) is 54.2. The van der Waals surface area contributed by atoms with Crippen LogP contribution in [-0.4, -0.2) is 129 Å². The van der Waals surface area contributed by atoms with Crippen molar-refractivity contribution in [3.63, 3.8) is 0 Å². The first kappa shape index (κ1) is 60.4. The number of carboxylic acid groups (broad SMARTS) is 4. The van der Waals surface area contributed by atoms with Crippen LogP contribution in [0.1, 0.15) is 94.6 Å². The number of aliphatic carboxylic acids is 4. The van der Waals surface area contributed by atoms with Gasteiger partial charge in [-0.05, 0) is 79.0 Å². The zero-order valence-electron chi connectivity index (χ0n) is 31.8.